The number of aryl methyl sites for hydroxylation is 1. The molecule has 2 heteroatoms. The van der Waals surface area contributed by atoms with Gasteiger partial charge in [-0.1, -0.05) is 170 Å². The SMILES string of the molecule is c1ccc(CCC2c3ccccc3-c3cc(-n4c5ccccc5c5cc(-c6ccc7c(c6)c6ccccc6n7-c6cc(-c7ccccc7)cc(-c7ccccc7)c6)ccc54)ccc32)cc1. The van der Waals surface area contributed by atoms with Crippen LogP contribution in [0.2, 0.25) is 0 Å². The first-order chi connectivity index (χ1) is 32.2. The van der Waals surface area contributed by atoms with E-state index in [2.05, 4.69) is 246 Å². The lowest BCUT2D eigenvalue weighted by atomic mass is 9.90. The van der Waals surface area contributed by atoms with Crippen molar-refractivity contribution in [3.63, 3.8) is 0 Å². The van der Waals surface area contributed by atoms with Crippen LogP contribution in [-0.2, 0) is 6.42 Å². The molecule has 1 atom stereocenters. The summed E-state index contributed by atoms with van der Waals surface area (Å²) in [6.45, 7) is 0. The molecule has 10 aromatic carbocycles. The fraction of sp³-hybridized carbons (Fsp3) is 0.0476. The van der Waals surface area contributed by atoms with Crippen LogP contribution in [0.1, 0.15) is 29.0 Å². The van der Waals surface area contributed by atoms with Gasteiger partial charge in [0.2, 0.25) is 0 Å². The average molecular weight is 829 g/mol. The molecule has 0 N–H and O–H groups in total. The molecule has 306 valence electrons. The van der Waals surface area contributed by atoms with Gasteiger partial charge in [-0.2, -0.15) is 0 Å². The Hall–Kier alpha value is -8.20. The zero-order valence-corrected chi connectivity index (χ0v) is 35.9. The Bertz CT molecular complexity index is 3700. The van der Waals surface area contributed by atoms with Crippen molar-refractivity contribution < 1.29 is 0 Å². The molecule has 13 rings (SSSR count). The van der Waals surface area contributed by atoms with Crippen LogP contribution < -0.4 is 0 Å². The van der Waals surface area contributed by atoms with Crippen LogP contribution in [0.15, 0.2) is 237 Å². The van der Waals surface area contributed by atoms with Gasteiger partial charge in [0.15, 0.2) is 0 Å². The molecule has 0 saturated heterocycles. The molecule has 1 aliphatic carbocycles. The number of hydrogen-bond acceptors (Lipinski definition) is 0. The summed E-state index contributed by atoms with van der Waals surface area (Å²) >= 11 is 0. The zero-order chi connectivity index (χ0) is 42.8. The van der Waals surface area contributed by atoms with Crippen molar-refractivity contribution in [2.75, 3.05) is 0 Å². The molecule has 0 spiro atoms. The molecule has 0 radical (unpaired) electrons. The lowest BCUT2D eigenvalue weighted by Gasteiger charge is -2.15. The van der Waals surface area contributed by atoms with E-state index in [9.17, 15) is 0 Å². The molecule has 2 aromatic heterocycles. The van der Waals surface area contributed by atoms with Crippen LogP contribution in [0.4, 0.5) is 0 Å². The lowest BCUT2D eigenvalue weighted by molar-refractivity contribution is 0.729. The minimum atomic E-state index is 0.383. The molecule has 1 unspecified atom stereocenters. The maximum atomic E-state index is 2.47. The average Bonchev–Trinajstić information content (AvgIpc) is 4.01. The van der Waals surface area contributed by atoms with Gasteiger partial charge in [0.05, 0.1) is 22.1 Å². The summed E-state index contributed by atoms with van der Waals surface area (Å²) in [5.41, 5.74) is 21.4. The highest BCUT2D eigenvalue weighted by molar-refractivity contribution is 6.13. The van der Waals surface area contributed by atoms with Crippen LogP contribution >= 0.6 is 0 Å². The van der Waals surface area contributed by atoms with Gasteiger partial charge in [-0.3, -0.25) is 0 Å². The van der Waals surface area contributed by atoms with Crippen molar-refractivity contribution in [3.8, 4) is 55.9 Å². The van der Waals surface area contributed by atoms with Crippen molar-refractivity contribution in [3.05, 3.63) is 253 Å². The summed E-state index contributed by atoms with van der Waals surface area (Å²) in [6, 6.07) is 87.5. The number of hydrogen-bond donors (Lipinski definition) is 0. The third-order valence-electron chi connectivity index (χ3n) is 13.9. The standard InChI is InChI=1S/C63H44N2/c1-4-16-42(17-5-1)28-32-53-51-22-10-11-23-52(51)57-41-49(31-33-54(53)57)64-60-26-14-12-24-55(60)58-39-45(29-34-62(58)64)46-30-35-63-59(40-46)56-25-13-15-27-61(56)65(63)50-37-47(43-18-6-2-7-19-43)36-48(38-50)44-20-8-3-9-21-44/h1-27,29-31,33-41,53H,28,32H2. The van der Waals surface area contributed by atoms with Crippen molar-refractivity contribution in [2.24, 2.45) is 0 Å². The topological polar surface area (TPSA) is 9.86 Å². The van der Waals surface area contributed by atoms with Crippen LogP contribution in [0.25, 0.3) is 99.5 Å². The fourth-order valence-electron chi connectivity index (χ4n) is 10.9. The maximum absolute atomic E-state index is 2.47. The molecule has 0 saturated carbocycles. The van der Waals surface area contributed by atoms with E-state index in [1.165, 1.54) is 110 Å². The largest absolute Gasteiger partial charge is 0.309 e. The van der Waals surface area contributed by atoms with Crippen LogP contribution in [-0.4, -0.2) is 9.13 Å². The molecule has 1 aliphatic rings. The normalized spacial score (nSPS) is 13.2. The summed E-state index contributed by atoms with van der Waals surface area (Å²) in [7, 11) is 0. The first-order valence-electron chi connectivity index (χ1n) is 22.8. The predicted molar refractivity (Wildman–Crippen MR) is 273 cm³/mol. The molecule has 0 aliphatic heterocycles. The van der Waals surface area contributed by atoms with E-state index in [1.807, 2.05) is 0 Å². The number of fused-ring (bicyclic) bond motifs is 9. The van der Waals surface area contributed by atoms with Crippen molar-refractivity contribution >= 4 is 43.6 Å². The Balaban J connectivity index is 0.922. The fourth-order valence-corrected chi connectivity index (χ4v) is 10.9. The quantitative estimate of drug-likeness (QED) is 0.144. The van der Waals surface area contributed by atoms with E-state index in [-0.39, 0.29) is 0 Å². The van der Waals surface area contributed by atoms with Gasteiger partial charge in [0, 0.05) is 38.8 Å². The molecular formula is C63H44N2. The lowest BCUT2D eigenvalue weighted by Crippen LogP contribution is -2.00. The second-order valence-electron chi connectivity index (χ2n) is 17.6. The summed E-state index contributed by atoms with van der Waals surface area (Å²) in [6.07, 6.45) is 2.15. The van der Waals surface area contributed by atoms with Gasteiger partial charge in [0.1, 0.15) is 0 Å². The number of nitrogens with zero attached hydrogens (tertiary/aromatic N) is 2. The number of benzene rings is 10. The van der Waals surface area contributed by atoms with Gasteiger partial charge in [0.25, 0.3) is 0 Å². The van der Waals surface area contributed by atoms with E-state index in [1.54, 1.807) is 0 Å². The van der Waals surface area contributed by atoms with E-state index in [0.29, 0.717) is 5.92 Å². The summed E-state index contributed by atoms with van der Waals surface area (Å²) < 4.78 is 4.92. The minimum Gasteiger partial charge on any atom is -0.309 e. The third kappa shape index (κ3) is 6.25. The Morgan fingerprint density at radius 3 is 1.40 bits per heavy atom. The zero-order valence-electron chi connectivity index (χ0n) is 35.9. The molecule has 65 heavy (non-hydrogen) atoms. The Morgan fingerprint density at radius 1 is 0.292 bits per heavy atom. The molecule has 12 aromatic rings. The van der Waals surface area contributed by atoms with Crippen LogP contribution in [0.5, 0.6) is 0 Å². The highest BCUT2D eigenvalue weighted by Gasteiger charge is 2.29. The summed E-state index contributed by atoms with van der Waals surface area (Å²) in [4.78, 5) is 0. The second-order valence-corrected chi connectivity index (χ2v) is 17.6. The first kappa shape index (κ1) is 37.4. The highest BCUT2D eigenvalue weighted by Crippen LogP contribution is 2.48. The molecule has 2 nitrogen and oxygen atoms in total. The number of aromatic nitrogens is 2. The molecular weight excluding hydrogens is 785 g/mol. The van der Waals surface area contributed by atoms with Crippen molar-refractivity contribution in [2.45, 2.75) is 18.8 Å². The van der Waals surface area contributed by atoms with Crippen LogP contribution in [0.3, 0.4) is 0 Å². The Kier molecular flexibility index (Phi) is 8.77. The van der Waals surface area contributed by atoms with Gasteiger partial charge >= 0.3 is 0 Å². The van der Waals surface area contributed by atoms with Gasteiger partial charge in [-0.15, -0.1) is 0 Å². The van der Waals surface area contributed by atoms with E-state index in [4.69, 9.17) is 0 Å². The van der Waals surface area contributed by atoms with E-state index < -0.39 is 0 Å². The van der Waals surface area contributed by atoms with Crippen molar-refractivity contribution in [1.82, 2.24) is 9.13 Å². The third-order valence-corrected chi connectivity index (χ3v) is 13.9. The molecule has 0 bridgehead atoms. The Morgan fingerprint density at radius 2 is 0.785 bits per heavy atom. The minimum absolute atomic E-state index is 0.383. The Labute approximate surface area is 378 Å². The maximum Gasteiger partial charge on any atom is 0.0541 e. The smallest absolute Gasteiger partial charge is 0.0541 e. The second kappa shape index (κ2) is 15.3. The highest BCUT2D eigenvalue weighted by atomic mass is 15.0. The summed E-state index contributed by atoms with van der Waals surface area (Å²) in [5, 5.41) is 5.01. The van der Waals surface area contributed by atoms with E-state index in [0.717, 1.165) is 18.5 Å². The molecule has 2 heterocycles. The number of para-hydroxylation sites is 2. The molecule has 0 amide bonds. The number of rotatable bonds is 8. The molecule has 0 fully saturated rings. The van der Waals surface area contributed by atoms with Gasteiger partial charge < -0.3 is 9.13 Å². The first-order valence-corrected chi connectivity index (χ1v) is 22.8. The monoisotopic (exact) mass is 828 g/mol. The summed E-state index contributed by atoms with van der Waals surface area (Å²) in [5.74, 6) is 0.383. The van der Waals surface area contributed by atoms with Gasteiger partial charge in [-0.05, 0) is 141 Å². The van der Waals surface area contributed by atoms with Gasteiger partial charge in [-0.25, -0.2) is 0 Å². The van der Waals surface area contributed by atoms with Crippen molar-refractivity contribution in [1.29, 1.82) is 0 Å². The van der Waals surface area contributed by atoms with Crippen LogP contribution in [0, 0.1) is 0 Å². The predicted octanol–water partition coefficient (Wildman–Crippen LogP) is 16.6. The van der Waals surface area contributed by atoms with E-state index >= 15 is 0 Å².